The lowest BCUT2D eigenvalue weighted by atomic mass is 10.0. The Bertz CT molecular complexity index is 480. The minimum atomic E-state index is -0.431. The fourth-order valence-corrected chi connectivity index (χ4v) is 3.24. The van der Waals surface area contributed by atoms with Crippen LogP contribution in [0.25, 0.3) is 0 Å². The van der Waals surface area contributed by atoms with Gasteiger partial charge in [-0.05, 0) is 11.6 Å². The van der Waals surface area contributed by atoms with E-state index in [-0.39, 0.29) is 0 Å². The predicted octanol–water partition coefficient (Wildman–Crippen LogP) is 5.33. The van der Waals surface area contributed by atoms with E-state index in [4.69, 9.17) is 11.6 Å². The molecule has 0 amide bonds. The Labute approximate surface area is 117 Å². The number of hydrogen-bond acceptors (Lipinski definition) is 0. The van der Waals surface area contributed by atoms with Crippen LogP contribution in [-0.4, -0.2) is 0 Å². The molecule has 0 radical (unpaired) electrons. The van der Waals surface area contributed by atoms with Gasteiger partial charge >= 0.3 is 0 Å². The van der Waals surface area contributed by atoms with Crippen LogP contribution < -0.4 is 0 Å². The van der Waals surface area contributed by atoms with Gasteiger partial charge in [-0.3, -0.25) is 0 Å². The molecule has 0 saturated heterocycles. The molecule has 0 unspecified atom stereocenters. The second-order valence-corrected chi connectivity index (χ2v) is 7.27. The molecule has 0 heterocycles. The molecule has 0 aliphatic heterocycles. The molecule has 0 fully saturated rings. The fourth-order valence-electron chi connectivity index (χ4n) is 1.52. The van der Waals surface area contributed by atoms with Crippen LogP contribution in [0.15, 0.2) is 54.6 Å². The summed E-state index contributed by atoms with van der Waals surface area (Å²) in [4.78, 5) is 0. The third kappa shape index (κ3) is 2.34. The second-order valence-electron chi connectivity index (χ2n) is 3.42. The quantitative estimate of drug-likeness (QED) is 0.635. The molecule has 2 aromatic rings. The lowest BCUT2D eigenvalue weighted by Gasteiger charge is -2.22. The van der Waals surface area contributed by atoms with Gasteiger partial charge in [0, 0.05) is 10.6 Å². The van der Waals surface area contributed by atoms with Crippen LogP contribution in [0.2, 0.25) is 5.02 Å². The zero-order chi connectivity index (χ0) is 11.6. The molecule has 2 aromatic carbocycles. The number of rotatable bonds is 2. The average molecular weight is 360 g/mol. The molecule has 0 nitrogen and oxygen atoms in total. The van der Waals surface area contributed by atoms with Crippen LogP contribution in [-0.2, 0) is 3.23 Å². The van der Waals surface area contributed by atoms with Gasteiger partial charge in [0.1, 0.15) is 3.23 Å². The molecular formula is C13H9Br2Cl. The van der Waals surface area contributed by atoms with Gasteiger partial charge in [-0.1, -0.05) is 92.0 Å². The maximum atomic E-state index is 6.20. The first kappa shape index (κ1) is 12.2. The summed E-state index contributed by atoms with van der Waals surface area (Å²) in [6.07, 6.45) is 0. The predicted molar refractivity (Wildman–Crippen MR) is 76.5 cm³/mol. The first-order valence-corrected chi connectivity index (χ1v) is 6.77. The summed E-state index contributed by atoms with van der Waals surface area (Å²) in [6.45, 7) is 0. The monoisotopic (exact) mass is 358 g/mol. The van der Waals surface area contributed by atoms with Crippen LogP contribution in [0.3, 0.4) is 0 Å². The Hall–Kier alpha value is -0.310. The molecular weight excluding hydrogens is 351 g/mol. The van der Waals surface area contributed by atoms with Gasteiger partial charge in [0.15, 0.2) is 0 Å². The van der Waals surface area contributed by atoms with Crippen molar-refractivity contribution < 1.29 is 0 Å². The highest BCUT2D eigenvalue weighted by atomic mass is 79.9. The van der Waals surface area contributed by atoms with Crippen LogP contribution >= 0.6 is 43.5 Å². The minimum Gasteiger partial charge on any atom is -0.0839 e. The molecule has 0 spiro atoms. The average Bonchev–Trinajstić information content (AvgIpc) is 2.30. The van der Waals surface area contributed by atoms with E-state index < -0.39 is 3.23 Å². The SMILES string of the molecule is Clc1ccccc1C(Br)(Br)c1ccccc1. The summed E-state index contributed by atoms with van der Waals surface area (Å²) >= 11 is 13.6. The molecule has 0 N–H and O–H groups in total. The highest BCUT2D eigenvalue weighted by Crippen LogP contribution is 2.46. The molecule has 0 aliphatic rings. The smallest absolute Gasteiger partial charge is 0.0839 e. The standard InChI is InChI=1S/C13H9Br2Cl/c14-13(15,10-6-2-1-3-7-10)11-8-4-5-9-12(11)16/h1-9H. The molecule has 0 aromatic heterocycles. The van der Waals surface area contributed by atoms with Crippen molar-refractivity contribution in [2.24, 2.45) is 0 Å². The summed E-state index contributed by atoms with van der Waals surface area (Å²) in [5.74, 6) is 0. The van der Waals surface area contributed by atoms with Crippen LogP contribution in [0.5, 0.6) is 0 Å². The van der Waals surface area contributed by atoms with Crippen molar-refractivity contribution in [2.75, 3.05) is 0 Å². The highest BCUT2D eigenvalue weighted by Gasteiger charge is 2.29. The Balaban J connectivity index is 2.51. The van der Waals surface area contributed by atoms with Crippen molar-refractivity contribution in [2.45, 2.75) is 3.23 Å². The summed E-state index contributed by atoms with van der Waals surface area (Å²) in [5.41, 5.74) is 2.12. The molecule has 0 saturated carbocycles. The van der Waals surface area contributed by atoms with Gasteiger partial charge in [-0.2, -0.15) is 0 Å². The van der Waals surface area contributed by atoms with E-state index >= 15 is 0 Å². The van der Waals surface area contributed by atoms with E-state index in [1.165, 1.54) is 0 Å². The van der Waals surface area contributed by atoms with Gasteiger partial charge in [0.2, 0.25) is 0 Å². The highest BCUT2D eigenvalue weighted by molar-refractivity contribution is 9.25. The van der Waals surface area contributed by atoms with Gasteiger partial charge in [-0.15, -0.1) is 0 Å². The maximum Gasteiger partial charge on any atom is 0.132 e. The number of halogens is 3. The molecule has 3 heteroatoms. The Morgan fingerprint density at radius 1 is 0.812 bits per heavy atom. The number of alkyl halides is 2. The minimum absolute atomic E-state index is 0.431. The van der Waals surface area contributed by atoms with E-state index in [9.17, 15) is 0 Å². The van der Waals surface area contributed by atoms with Gasteiger partial charge in [0.05, 0.1) is 0 Å². The first-order valence-electron chi connectivity index (χ1n) is 4.80. The lowest BCUT2D eigenvalue weighted by molar-refractivity contribution is 1.12. The van der Waals surface area contributed by atoms with Gasteiger partial charge in [0.25, 0.3) is 0 Å². The van der Waals surface area contributed by atoms with Crippen molar-refractivity contribution >= 4 is 43.5 Å². The summed E-state index contributed by atoms with van der Waals surface area (Å²) < 4.78 is -0.431. The van der Waals surface area contributed by atoms with Crippen LogP contribution in [0, 0.1) is 0 Å². The molecule has 16 heavy (non-hydrogen) atoms. The van der Waals surface area contributed by atoms with Crippen molar-refractivity contribution in [3.05, 3.63) is 70.7 Å². The Kier molecular flexibility index (Phi) is 3.73. The van der Waals surface area contributed by atoms with Gasteiger partial charge < -0.3 is 0 Å². The molecule has 0 bridgehead atoms. The van der Waals surface area contributed by atoms with E-state index in [1.54, 1.807) is 0 Å². The first-order chi connectivity index (χ1) is 7.62. The van der Waals surface area contributed by atoms with Crippen molar-refractivity contribution in [3.8, 4) is 0 Å². The van der Waals surface area contributed by atoms with E-state index in [2.05, 4.69) is 31.9 Å². The Morgan fingerprint density at radius 2 is 1.38 bits per heavy atom. The normalized spacial score (nSPS) is 11.4. The van der Waals surface area contributed by atoms with Crippen molar-refractivity contribution in [1.29, 1.82) is 0 Å². The van der Waals surface area contributed by atoms with Crippen molar-refractivity contribution in [1.82, 2.24) is 0 Å². The maximum absolute atomic E-state index is 6.20. The number of hydrogen-bond donors (Lipinski definition) is 0. The van der Waals surface area contributed by atoms with Crippen LogP contribution in [0.4, 0.5) is 0 Å². The summed E-state index contributed by atoms with van der Waals surface area (Å²) in [6, 6.07) is 17.9. The fraction of sp³-hybridized carbons (Fsp3) is 0.0769. The van der Waals surface area contributed by atoms with E-state index in [0.29, 0.717) is 0 Å². The molecule has 82 valence electrons. The molecule has 0 aliphatic carbocycles. The number of benzene rings is 2. The zero-order valence-corrected chi connectivity index (χ0v) is 12.3. The van der Waals surface area contributed by atoms with Gasteiger partial charge in [-0.25, -0.2) is 0 Å². The molecule has 2 rings (SSSR count). The topological polar surface area (TPSA) is 0 Å². The lowest BCUT2D eigenvalue weighted by Crippen LogP contribution is -2.11. The summed E-state index contributed by atoms with van der Waals surface area (Å²) in [5, 5.41) is 0.736. The molecule has 0 atom stereocenters. The third-order valence-electron chi connectivity index (χ3n) is 2.35. The summed E-state index contributed by atoms with van der Waals surface area (Å²) in [7, 11) is 0. The van der Waals surface area contributed by atoms with E-state index in [1.807, 2.05) is 54.6 Å². The third-order valence-corrected chi connectivity index (χ3v) is 4.45. The zero-order valence-electron chi connectivity index (χ0n) is 8.33. The largest absolute Gasteiger partial charge is 0.132 e. The van der Waals surface area contributed by atoms with E-state index in [0.717, 1.165) is 16.1 Å². The van der Waals surface area contributed by atoms with Crippen molar-refractivity contribution in [3.63, 3.8) is 0 Å². The second kappa shape index (κ2) is 4.91. The van der Waals surface area contributed by atoms with Crippen LogP contribution in [0.1, 0.15) is 11.1 Å². The Morgan fingerprint density at radius 3 is 2.00 bits per heavy atom.